The zero-order valence-electron chi connectivity index (χ0n) is 7.60. The van der Waals surface area contributed by atoms with Gasteiger partial charge < -0.3 is 0 Å². The van der Waals surface area contributed by atoms with Crippen LogP contribution >= 0.6 is 11.3 Å². The smallest absolute Gasteiger partial charge is 0.0364 e. The van der Waals surface area contributed by atoms with Crippen molar-refractivity contribution in [2.45, 2.75) is 0 Å². The van der Waals surface area contributed by atoms with Crippen molar-refractivity contribution in [2.75, 3.05) is 0 Å². The second-order valence-corrected chi connectivity index (χ2v) is 3.75. The summed E-state index contributed by atoms with van der Waals surface area (Å²) >= 11 is 1.70. The van der Waals surface area contributed by atoms with Crippen LogP contribution in [0.3, 0.4) is 0 Å². The lowest BCUT2D eigenvalue weighted by molar-refractivity contribution is 1.33. The summed E-state index contributed by atoms with van der Waals surface area (Å²) in [5, 5.41) is 2.08. The molecule has 1 nitrogen and oxygen atoms in total. The maximum atomic E-state index is 4.08. The summed E-state index contributed by atoms with van der Waals surface area (Å²) in [7, 11) is 0. The van der Waals surface area contributed by atoms with Gasteiger partial charge in [-0.25, -0.2) is 0 Å². The Labute approximate surface area is 87.1 Å². The number of nitrogens with zero attached hydrogens (tertiary/aromatic N) is 1. The minimum absolute atomic E-state index is 1.14. The third-order valence-corrected chi connectivity index (χ3v) is 2.83. The van der Waals surface area contributed by atoms with Crippen molar-refractivity contribution in [1.82, 2.24) is 4.98 Å². The fourth-order valence-corrected chi connectivity index (χ4v) is 2.06. The van der Waals surface area contributed by atoms with Crippen molar-refractivity contribution >= 4 is 17.4 Å². The van der Waals surface area contributed by atoms with Crippen LogP contribution in [0.15, 0.2) is 48.3 Å². The van der Waals surface area contributed by atoms with Gasteiger partial charge in [0.05, 0.1) is 0 Å². The van der Waals surface area contributed by atoms with Crippen LogP contribution in [0.25, 0.3) is 16.5 Å². The molecule has 14 heavy (non-hydrogen) atoms. The molecule has 0 saturated carbocycles. The summed E-state index contributed by atoms with van der Waals surface area (Å²) < 4.78 is 0. The predicted molar refractivity (Wildman–Crippen MR) is 61.2 cm³/mol. The van der Waals surface area contributed by atoms with Crippen molar-refractivity contribution in [1.29, 1.82) is 0 Å². The Kier molecular flexibility index (Phi) is 2.59. The van der Waals surface area contributed by atoms with E-state index in [0.717, 1.165) is 11.1 Å². The summed E-state index contributed by atoms with van der Waals surface area (Å²) in [6.07, 6.45) is 5.52. The normalized spacial score (nSPS) is 9.43. The number of pyridine rings is 1. The number of aromatic nitrogens is 1. The molecule has 2 aromatic rings. The molecule has 0 atom stereocenters. The Bertz CT molecular complexity index is 464. The SMILES string of the molecule is C=C=Cc1csc(-c2cccnc2)c1. The minimum Gasteiger partial charge on any atom is -0.264 e. The van der Waals surface area contributed by atoms with Gasteiger partial charge in [-0.3, -0.25) is 4.98 Å². The second-order valence-electron chi connectivity index (χ2n) is 2.83. The van der Waals surface area contributed by atoms with Gasteiger partial charge in [-0.1, -0.05) is 12.6 Å². The second kappa shape index (κ2) is 4.05. The van der Waals surface area contributed by atoms with Crippen LogP contribution < -0.4 is 0 Å². The first kappa shape index (κ1) is 8.95. The maximum Gasteiger partial charge on any atom is 0.0364 e. The van der Waals surface area contributed by atoms with Gasteiger partial charge in [-0.15, -0.1) is 17.1 Å². The summed E-state index contributed by atoms with van der Waals surface area (Å²) in [4.78, 5) is 5.31. The van der Waals surface area contributed by atoms with Crippen LogP contribution in [0, 0.1) is 0 Å². The standard InChI is InChI=1S/C12H9NS/c1-2-4-10-7-12(14-9-10)11-5-3-6-13-8-11/h3-9H,1H2. The molecule has 2 rings (SSSR count). The van der Waals surface area contributed by atoms with Gasteiger partial charge in [0.15, 0.2) is 0 Å². The van der Waals surface area contributed by atoms with Crippen LogP contribution in [0.1, 0.15) is 5.56 Å². The molecule has 0 saturated heterocycles. The number of rotatable bonds is 2. The van der Waals surface area contributed by atoms with E-state index in [9.17, 15) is 0 Å². The molecule has 0 amide bonds. The van der Waals surface area contributed by atoms with Gasteiger partial charge in [0.1, 0.15) is 0 Å². The molecule has 0 aliphatic carbocycles. The fourth-order valence-electron chi connectivity index (χ4n) is 1.20. The number of thiophene rings is 1. The molecule has 0 unspecified atom stereocenters. The zero-order chi connectivity index (χ0) is 9.80. The lowest BCUT2D eigenvalue weighted by atomic mass is 10.2. The summed E-state index contributed by atoms with van der Waals surface area (Å²) in [6, 6.07) is 6.11. The van der Waals surface area contributed by atoms with E-state index < -0.39 is 0 Å². The van der Waals surface area contributed by atoms with Gasteiger partial charge in [0.25, 0.3) is 0 Å². The summed E-state index contributed by atoms with van der Waals surface area (Å²) in [5.41, 5.74) is 5.06. The van der Waals surface area contributed by atoms with E-state index in [0.29, 0.717) is 0 Å². The van der Waals surface area contributed by atoms with E-state index in [1.54, 1.807) is 17.5 Å². The van der Waals surface area contributed by atoms with Gasteiger partial charge >= 0.3 is 0 Å². The molecule has 0 aliphatic rings. The first-order valence-corrected chi connectivity index (χ1v) is 5.13. The molecular weight excluding hydrogens is 190 g/mol. The lowest BCUT2D eigenvalue weighted by Crippen LogP contribution is -1.72. The average Bonchev–Trinajstić information content (AvgIpc) is 2.68. The quantitative estimate of drug-likeness (QED) is 0.673. The van der Waals surface area contributed by atoms with Crippen molar-refractivity contribution in [3.05, 3.63) is 53.8 Å². The first-order valence-electron chi connectivity index (χ1n) is 4.25. The highest BCUT2D eigenvalue weighted by Gasteiger charge is 1.99. The van der Waals surface area contributed by atoms with Crippen LogP contribution in [0.4, 0.5) is 0 Å². The molecule has 68 valence electrons. The van der Waals surface area contributed by atoms with E-state index in [4.69, 9.17) is 0 Å². The van der Waals surface area contributed by atoms with E-state index in [1.165, 1.54) is 4.88 Å². The average molecular weight is 199 g/mol. The van der Waals surface area contributed by atoms with E-state index in [1.807, 2.05) is 18.3 Å². The van der Waals surface area contributed by atoms with E-state index >= 15 is 0 Å². The molecule has 2 heteroatoms. The van der Waals surface area contributed by atoms with E-state index in [-0.39, 0.29) is 0 Å². The highest BCUT2D eigenvalue weighted by Crippen LogP contribution is 2.26. The van der Waals surface area contributed by atoms with Crippen LogP contribution in [0.5, 0.6) is 0 Å². The summed E-state index contributed by atoms with van der Waals surface area (Å²) in [6.45, 7) is 3.55. The summed E-state index contributed by atoms with van der Waals surface area (Å²) in [5.74, 6) is 0. The van der Waals surface area contributed by atoms with Crippen molar-refractivity contribution in [2.24, 2.45) is 0 Å². The van der Waals surface area contributed by atoms with Gasteiger partial charge in [0, 0.05) is 22.8 Å². The van der Waals surface area contributed by atoms with Crippen molar-refractivity contribution < 1.29 is 0 Å². The minimum atomic E-state index is 1.14. The number of hydrogen-bond acceptors (Lipinski definition) is 2. The fraction of sp³-hybridized carbons (Fsp3) is 0. The van der Waals surface area contributed by atoms with Crippen LogP contribution in [0.2, 0.25) is 0 Å². The Balaban J connectivity index is 2.39. The maximum absolute atomic E-state index is 4.08. The highest BCUT2D eigenvalue weighted by molar-refractivity contribution is 7.13. The Morgan fingerprint density at radius 2 is 2.43 bits per heavy atom. The lowest BCUT2D eigenvalue weighted by Gasteiger charge is -1.92. The van der Waals surface area contributed by atoms with Gasteiger partial charge in [0.2, 0.25) is 0 Å². The molecule has 0 aliphatic heterocycles. The molecule has 2 heterocycles. The molecular formula is C12H9NS. The Morgan fingerprint density at radius 1 is 1.50 bits per heavy atom. The van der Waals surface area contributed by atoms with Crippen molar-refractivity contribution in [3.8, 4) is 10.4 Å². The Hall–Kier alpha value is -1.63. The Morgan fingerprint density at radius 3 is 3.14 bits per heavy atom. The number of hydrogen-bond donors (Lipinski definition) is 0. The highest BCUT2D eigenvalue weighted by atomic mass is 32.1. The van der Waals surface area contributed by atoms with Gasteiger partial charge in [-0.05, 0) is 29.2 Å². The predicted octanol–water partition coefficient (Wildman–Crippen LogP) is 3.61. The first-order chi connectivity index (χ1) is 6.90. The zero-order valence-corrected chi connectivity index (χ0v) is 8.42. The molecule has 0 N–H and O–H groups in total. The van der Waals surface area contributed by atoms with Crippen molar-refractivity contribution in [3.63, 3.8) is 0 Å². The molecule has 0 aromatic carbocycles. The van der Waals surface area contributed by atoms with Gasteiger partial charge in [-0.2, -0.15) is 0 Å². The third kappa shape index (κ3) is 1.82. The van der Waals surface area contributed by atoms with Crippen LogP contribution in [-0.2, 0) is 0 Å². The molecule has 0 fully saturated rings. The molecule has 0 radical (unpaired) electrons. The monoisotopic (exact) mass is 199 g/mol. The third-order valence-electron chi connectivity index (χ3n) is 1.83. The van der Waals surface area contributed by atoms with E-state index in [2.05, 4.69) is 34.8 Å². The molecule has 0 spiro atoms. The largest absolute Gasteiger partial charge is 0.264 e. The van der Waals surface area contributed by atoms with Crippen LogP contribution in [-0.4, -0.2) is 4.98 Å². The molecule has 0 bridgehead atoms. The topological polar surface area (TPSA) is 12.9 Å². The molecule has 2 aromatic heterocycles.